The molecule has 1 aromatic carbocycles. The van der Waals surface area contributed by atoms with Crippen molar-refractivity contribution >= 4 is 22.8 Å². The van der Waals surface area contributed by atoms with Crippen molar-refractivity contribution in [2.24, 2.45) is 0 Å². The van der Waals surface area contributed by atoms with E-state index in [0.717, 1.165) is 16.5 Å². The maximum absolute atomic E-state index is 9.10. The summed E-state index contributed by atoms with van der Waals surface area (Å²) in [5, 5.41) is 15.8. The number of rotatable bonds is 3. The molecule has 6 heteroatoms. The Morgan fingerprint density at radius 2 is 1.90 bits per heavy atom. The van der Waals surface area contributed by atoms with E-state index in [9.17, 15) is 0 Å². The minimum Gasteiger partial charge on any atom is -0.473 e. The summed E-state index contributed by atoms with van der Waals surface area (Å²) in [6.45, 7) is -5.30. The predicted octanol–water partition coefficient (Wildman–Crippen LogP) is 1.43. The van der Waals surface area contributed by atoms with Crippen LogP contribution in [-0.2, 0) is 16.0 Å². The fourth-order valence-corrected chi connectivity index (χ4v) is 1.57. The monoisotopic (exact) mass is 284 g/mol. The van der Waals surface area contributed by atoms with Gasteiger partial charge in [0.1, 0.15) is 0 Å². The minimum atomic E-state index is -2.63. The summed E-state index contributed by atoms with van der Waals surface area (Å²) in [5.41, 5.74) is 1.87. The van der Waals surface area contributed by atoms with E-state index in [1.807, 2.05) is 24.3 Å². The number of aromatic amines is 1. The highest BCUT2D eigenvalue weighted by molar-refractivity contribution is 6.27. The molecular weight excluding hydrogens is 260 g/mol. The molecule has 108 valence electrons. The van der Waals surface area contributed by atoms with Gasteiger partial charge in [0.2, 0.25) is 0 Å². The Kier molecular flexibility index (Phi) is 3.20. The van der Waals surface area contributed by atoms with Crippen LogP contribution in [0, 0.1) is 0 Å². The van der Waals surface area contributed by atoms with Crippen LogP contribution in [0.4, 0.5) is 0 Å². The number of carbonyl (C=O) groups is 2. The molecule has 0 saturated carbocycles. The van der Waals surface area contributed by atoms with Crippen LogP contribution in [0.15, 0.2) is 30.5 Å². The molecule has 0 aliphatic carbocycles. The molecule has 1 aromatic heterocycles. The van der Waals surface area contributed by atoms with Crippen LogP contribution in [0.1, 0.15) is 13.8 Å². The SMILES string of the molecule is O=C(O)C(=O)O.[2H]C([2H])([2H])N(CCc1c[nH]c2ccccc12)C([2H])([2H])[2H]. The second-order valence-electron chi connectivity index (χ2n) is 3.87. The standard InChI is InChI=1S/C12H16N2.C2H2O4/c1-14(2)8-7-10-9-13-12-6-4-3-5-11(10)12;3-1(4)2(5)6/h3-6,9,13H,7-8H2,1-2H3;(H,3,4)(H,5,6)/i1D3,2D3;. The van der Waals surface area contributed by atoms with E-state index in [2.05, 4.69) is 4.98 Å². The zero-order valence-corrected chi connectivity index (χ0v) is 10.5. The lowest BCUT2D eigenvalue weighted by molar-refractivity contribution is -0.159. The van der Waals surface area contributed by atoms with Crippen LogP contribution in [0.2, 0.25) is 0 Å². The van der Waals surface area contributed by atoms with Crippen LogP contribution in [0.3, 0.4) is 0 Å². The molecule has 3 N–H and O–H groups in total. The Balaban J connectivity index is 0.000000487. The van der Waals surface area contributed by atoms with Gasteiger partial charge in [0, 0.05) is 31.9 Å². The Morgan fingerprint density at radius 1 is 1.25 bits per heavy atom. The van der Waals surface area contributed by atoms with Gasteiger partial charge in [-0.3, -0.25) is 0 Å². The molecule has 0 radical (unpaired) electrons. The number of carboxylic acids is 2. The lowest BCUT2D eigenvalue weighted by Gasteiger charge is -2.07. The number of nitrogens with one attached hydrogen (secondary N) is 1. The highest BCUT2D eigenvalue weighted by Gasteiger charge is 2.04. The number of aliphatic carboxylic acids is 2. The van der Waals surface area contributed by atoms with Crippen LogP contribution in [-0.4, -0.2) is 52.5 Å². The second-order valence-corrected chi connectivity index (χ2v) is 3.87. The molecule has 0 aliphatic heterocycles. The smallest absolute Gasteiger partial charge is 0.414 e. The van der Waals surface area contributed by atoms with Crippen molar-refractivity contribution in [1.29, 1.82) is 0 Å². The summed E-state index contributed by atoms with van der Waals surface area (Å²) in [6, 6.07) is 7.64. The maximum atomic E-state index is 9.10. The fraction of sp³-hybridized carbons (Fsp3) is 0.286. The van der Waals surface area contributed by atoms with Crippen molar-refractivity contribution in [2.75, 3.05) is 20.5 Å². The molecule has 2 rings (SSSR count). The number of likely N-dealkylation sites (N-methyl/N-ethyl adjacent to an activating group) is 1. The first-order valence-corrected chi connectivity index (χ1v) is 5.63. The van der Waals surface area contributed by atoms with E-state index in [4.69, 9.17) is 28.0 Å². The van der Waals surface area contributed by atoms with Gasteiger partial charge in [0.15, 0.2) is 0 Å². The highest BCUT2D eigenvalue weighted by Crippen LogP contribution is 2.17. The number of fused-ring (bicyclic) bond motifs is 1. The molecule has 0 saturated heterocycles. The molecule has 6 nitrogen and oxygen atoms in total. The lowest BCUT2D eigenvalue weighted by Crippen LogP contribution is -2.14. The Morgan fingerprint density at radius 3 is 2.50 bits per heavy atom. The Bertz CT molecular complexity index is 743. The molecule has 0 bridgehead atoms. The van der Waals surface area contributed by atoms with E-state index < -0.39 is 25.9 Å². The Labute approximate surface area is 125 Å². The van der Waals surface area contributed by atoms with E-state index in [1.165, 1.54) is 0 Å². The van der Waals surface area contributed by atoms with Crippen molar-refractivity contribution in [3.05, 3.63) is 36.0 Å². The van der Waals surface area contributed by atoms with Crippen molar-refractivity contribution in [1.82, 2.24) is 9.88 Å². The van der Waals surface area contributed by atoms with Gasteiger partial charge in [-0.25, -0.2) is 9.59 Å². The quantitative estimate of drug-likeness (QED) is 0.741. The topological polar surface area (TPSA) is 93.6 Å². The second kappa shape index (κ2) is 7.30. The lowest BCUT2D eigenvalue weighted by atomic mass is 10.1. The molecule has 0 unspecified atom stereocenters. The third-order valence-corrected chi connectivity index (χ3v) is 2.46. The zero-order valence-electron chi connectivity index (χ0n) is 16.5. The normalized spacial score (nSPS) is 15.8. The predicted molar refractivity (Wildman–Crippen MR) is 75.8 cm³/mol. The Hall–Kier alpha value is -2.34. The number of carboxylic acid groups (broad SMARTS) is 2. The summed E-state index contributed by atoms with van der Waals surface area (Å²) < 4.78 is 44.0. The minimum absolute atomic E-state index is 0.0468. The number of H-pyrrole nitrogens is 1. The van der Waals surface area contributed by atoms with Gasteiger partial charge in [-0.1, -0.05) is 18.2 Å². The molecule has 0 amide bonds. The third kappa shape index (κ3) is 4.74. The largest absolute Gasteiger partial charge is 0.473 e. The number of hydrogen-bond acceptors (Lipinski definition) is 3. The van der Waals surface area contributed by atoms with Crippen molar-refractivity contribution in [2.45, 2.75) is 6.42 Å². The first kappa shape index (κ1) is 8.76. The summed E-state index contributed by atoms with van der Waals surface area (Å²) in [7, 11) is 0. The summed E-state index contributed by atoms with van der Waals surface area (Å²) in [6.07, 6.45) is 2.16. The van der Waals surface area contributed by atoms with Gasteiger partial charge in [0.25, 0.3) is 0 Å². The van der Waals surface area contributed by atoms with E-state index in [-0.39, 0.29) is 6.54 Å². The molecule has 0 atom stereocenters. The van der Waals surface area contributed by atoms with E-state index in [0.29, 0.717) is 11.3 Å². The number of nitrogens with zero attached hydrogens (tertiary/aromatic N) is 1. The van der Waals surface area contributed by atoms with Crippen LogP contribution >= 0.6 is 0 Å². The zero-order chi connectivity index (χ0) is 20.1. The highest BCUT2D eigenvalue weighted by atomic mass is 16.4. The van der Waals surface area contributed by atoms with Crippen LogP contribution < -0.4 is 0 Å². The van der Waals surface area contributed by atoms with Gasteiger partial charge >= 0.3 is 11.9 Å². The molecule has 0 fully saturated rings. The summed E-state index contributed by atoms with van der Waals surface area (Å²) in [5.74, 6) is -3.65. The molecule has 2 aromatic rings. The average molecular weight is 284 g/mol. The maximum Gasteiger partial charge on any atom is 0.414 e. The molecule has 0 spiro atoms. The number of benzene rings is 1. The summed E-state index contributed by atoms with van der Waals surface area (Å²) in [4.78, 5) is 21.9. The van der Waals surface area contributed by atoms with Gasteiger partial charge in [-0.05, 0) is 32.0 Å². The number of hydrogen-bond donors (Lipinski definition) is 3. The molecule has 0 aliphatic rings. The van der Waals surface area contributed by atoms with Crippen molar-refractivity contribution in [3.63, 3.8) is 0 Å². The fourth-order valence-electron chi connectivity index (χ4n) is 1.57. The first-order valence-electron chi connectivity index (χ1n) is 8.63. The van der Waals surface area contributed by atoms with Crippen molar-refractivity contribution < 1.29 is 28.0 Å². The van der Waals surface area contributed by atoms with Crippen molar-refractivity contribution in [3.8, 4) is 0 Å². The van der Waals surface area contributed by atoms with Gasteiger partial charge < -0.3 is 20.1 Å². The molecule has 1 heterocycles. The van der Waals surface area contributed by atoms with Gasteiger partial charge in [-0.2, -0.15) is 0 Å². The number of para-hydroxylation sites is 1. The van der Waals surface area contributed by atoms with E-state index in [1.54, 1.807) is 6.20 Å². The first-order chi connectivity index (χ1) is 11.8. The molecular formula is C14H18N2O4. The molecule has 20 heavy (non-hydrogen) atoms. The van der Waals surface area contributed by atoms with Gasteiger partial charge in [-0.15, -0.1) is 0 Å². The van der Waals surface area contributed by atoms with Crippen LogP contribution in [0.25, 0.3) is 10.9 Å². The van der Waals surface area contributed by atoms with Crippen LogP contribution in [0.5, 0.6) is 0 Å². The summed E-state index contributed by atoms with van der Waals surface area (Å²) >= 11 is 0. The van der Waals surface area contributed by atoms with E-state index >= 15 is 0 Å². The number of aromatic nitrogens is 1. The average Bonchev–Trinajstić information content (AvgIpc) is 2.88. The van der Waals surface area contributed by atoms with Gasteiger partial charge in [0.05, 0.1) is 0 Å². The third-order valence-electron chi connectivity index (χ3n) is 2.46.